The summed E-state index contributed by atoms with van der Waals surface area (Å²) in [6, 6.07) is 2.42. The monoisotopic (exact) mass is 182 g/mol. The lowest BCUT2D eigenvalue weighted by Crippen LogP contribution is -2.43. The van der Waals surface area contributed by atoms with Gasteiger partial charge in [-0.15, -0.1) is 0 Å². The van der Waals surface area contributed by atoms with Crippen molar-refractivity contribution in [2.24, 2.45) is 11.8 Å². The quantitative estimate of drug-likeness (QED) is 0.709. The van der Waals surface area contributed by atoms with Crippen LogP contribution >= 0.6 is 0 Å². The molecular formula is C11H22N2. The zero-order valence-corrected chi connectivity index (χ0v) is 9.52. The van der Waals surface area contributed by atoms with Gasteiger partial charge in [0.1, 0.15) is 5.54 Å². The maximum Gasteiger partial charge on any atom is 0.107 e. The van der Waals surface area contributed by atoms with E-state index in [1.807, 2.05) is 7.05 Å². The van der Waals surface area contributed by atoms with Crippen molar-refractivity contribution in [1.29, 1.82) is 5.26 Å². The van der Waals surface area contributed by atoms with Crippen molar-refractivity contribution in [2.75, 3.05) is 7.05 Å². The Hall–Kier alpha value is -0.550. The molecule has 0 aromatic heterocycles. The second-order valence-electron chi connectivity index (χ2n) is 4.64. The van der Waals surface area contributed by atoms with Gasteiger partial charge in [-0.05, 0) is 31.7 Å². The molecule has 0 unspecified atom stereocenters. The zero-order valence-electron chi connectivity index (χ0n) is 9.52. The SMILES string of the molecule is CNC(C#N)(CC(C)C)CC(C)C. The molecule has 0 aliphatic rings. The number of nitrogens with one attached hydrogen (secondary N) is 1. The molecule has 0 bridgehead atoms. The van der Waals surface area contributed by atoms with Crippen molar-refractivity contribution in [3.05, 3.63) is 0 Å². The minimum atomic E-state index is -0.317. The molecule has 0 saturated carbocycles. The predicted molar refractivity (Wildman–Crippen MR) is 56.3 cm³/mol. The van der Waals surface area contributed by atoms with Crippen molar-refractivity contribution in [2.45, 2.75) is 46.1 Å². The Morgan fingerprint density at radius 1 is 1.15 bits per heavy atom. The van der Waals surface area contributed by atoms with Gasteiger partial charge in [0.25, 0.3) is 0 Å². The predicted octanol–water partition coefficient (Wildman–Crippen LogP) is 2.56. The maximum atomic E-state index is 9.16. The maximum absolute atomic E-state index is 9.16. The van der Waals surface area contributed by atoms with E-state index in [2.05, 4.69) is 39.1 Å². The summed E-state index contributed by atoms with van der Waals surface area (Å²) in [5.41, 5.74) is -0.317. The van der Waals surface area contributed by atoms with E-state index in [4.69, 9.17) is 5.26 Å². The van der Waals surface area contributed by atoms with E-state index in [0.29, 0.717) is 11.8 Å². The van der Waals surface area contributed by atoms with Crippen LogP contribution in [0.15, 0.2) is 0 Å². The van der Waals surface area contributed by atoms with Gasteiger partial charge in [-0.3, -0.25) is 0 Å². The third-order valence-electron chi connectivity index (χ3n) is 2.21. The van der Waals surface area contributed by atoms with Gasteiger partial charge < -0.3 is 5.32 Å². The second kappa shape index (κ2) is 5.24. The highest BCUT2D eigenvalue weighted by molar-refractivity contribution is 5.07. The Kier molecular flexibility index (Phi) is 5.02. The summed E-state index contributed by atoms with van der Waals surface area (Å²) < 4.78 is 0. The molecule has 0 aliphatic heterocycles. The third-order valence-corrected chi connectivity index (χ3v) is 2.21. The van der Waals surface area contributed by atoms with E-state index in [-0.39, 0.29) is 5.54 Å². The van der Waals surface area contributed by atoms with Crippen LogP contribution in [0.4, 0.5) is 0 Å². The molecule has 0 saturated heterocycles. The van der Waals surface area contributed by atoms with E-state index >= 15 is 0 Å². The van der Waals surface area contributed by atoms with Crippen LogP contribution in [0.1, 0.15) is 40.5 Å². The minimum absolute atomic E-state index is 0.317. The first kappa shape index (κ1) is 12.4. The van der Waals surface area contributed by atoms with Crippen LogP contribution in [-0.2, 0) is 0 Å². The fourth-order valence-electron chi connectivity index (χ4n) is 1.83. The largest absolute Gasteiger partial charge is 0.302 e. The minimum Gasteiger partial charge on any atom is -0.302 e. The van der Waals surface area contributed by atoms with Crippen LogP contribution < -0.4 is 5.32 Å². The van der Waals surface area contributed by atoms with Crippen LogP contribution in [0.3, 0.4) is 0 Å². The molecule has 0 atom stereocenters. The van der Waals surface area contributed by atoms with Crippen LogP contribution in [-0.4, -0.2) is 12.6 Å². The van der Waals surface area contributed by atoms with Crippen LogP contribution in [0, 0.1) is 23.2 Å². The molecule has 76 valence electrons. The molecule has 13 heavy (non-hydrogen) atoms. The summed E-state index contributed by atoms with van der Waals surface area (Å²) >= 11 is 0. The number of nitriles is 1. The molecule has 0 aliphatic carbocycles. The smallest absolute Gasteiger partial charge is 0.107 e. The van der Waals surface area contributed by atoms with Crippen LogP contribution in [0.5, 0.6) is 0 Å². The average molecular weight is 182 g/mol. The summed E-state index contributed by atoms with van der Waals surface area (Å²) in [5.74, 6) is 1.12. The Morgan fingerprint density at radius 2 is 1.54 bits per heavy atom. The highest BCUT2D eigenvalue weighted by Gasteiger charge is 2.29. The first-order valence-electron chi connectivity index (χ1n) is 5.06. The van der Waals surface area contributed by atoms with Gasteiger partial charge in [-0.1, -0.05) is 27.7 Å². The summed E-state index contributed by atoms with van der Waals surface area (Å²) in [7, 11) is 1.88. The van der Waals surface area contributed by atoms with E-state index in [9.17, 15) is 0 Å². The van der Waals surface area contributed by atoms with Gasteiger partial charge in [-0.2, -0.15) is 5.26 Å². The van der Waals surface area contributed by atoms with Gasteiger partial charge in [0.15, 0.2) is 0 Å². The van der Waals surface area contributed by atoms with Gasteiger partial charge in [0, 0.05) is 0 Å². The molecule has 0 amide bonds. The van der Waals surface area contributed by atoms with Crippen LogP contribution in [0.2, 0.25) is 0 Å². The first-order chi connectivity index (χ1) is 5.95. The Labute approximate surface area is 82.3 Å². The van der Waals surface area contributed by atoms with Gasteiger partial charge in [-0.25, -0.2) is 0 Å². The molecular weight excluding hydrogens is 160 g/mol. The van der Waals surface area contributed by atoms with Gasteiger partial charge in [0.05, 0.1) is 6.07 Å². The topological polar surface area (TPSA) is 35.8 Å². The fraction of sp³-hybridized carbons (Fsp3) is 0.909. The molecule has 0 radical (unpaired) electrons. The Bertz CT molecular complexity index is 167. The van der Waals surface area contributed by atoms with Gasteiger partial charge >= 0.3 is 0 Å². The normalized spacial score (nSPS) is 12.2. The third kappa shape index (κ3) is 4.28. The number of nitrogens with zero attached hydrogens (tertiary/aromatic N) is 1. The highest BCUT2D eigenvalue weighted by Crippen LogP contribution is 2.23. The molecule has 0 heterocycles. The molecule has 0 rings (SSSR count). The van der Waals surface area contributed by atoms with Crippen molar-refractivity contribution >= 4 is 0 Å². The molecule has 2 nitrogen and oxygen atoms in total. The van der Waals surface area contributed by atoms with E-state index in [1.165, 1.54) is 0 Å². The number of rotatable bonds is 5. The summed E-state index contributed by atoms with van der Waals surface area (Å²) in [6.07, 6.45) is 1.86. The number of hydrogen-bond donors (Lipinski definition) is 1. The summed E-state index contributed by atoms with van der Waals surface area (Å²) in [4.78, 5) is 0. The fourth-order valence-corrected chi connectivity index (χ4v) is 1.83. The first-order valence-corrected chi connectivity index (χ1v) is 5.06. The molecule has 0 fully saturated rings. The highest BCUT2D eigenvalue weighted by atomic mass is 14.9. The average Bonchev–Trinajstić information content (AvgIpc) is 2.01. The molecule has 1 N–H and O–H groups in total. The lowest BCUT2D eigenvalue weighted by Gasteiger charge is -2.29. The van der Waals surface area contributed by atoms with Crippen LogP contribution in [0.25, 0.3) is 0 Å². The molecule has 0 aromatic rings. The van der Waals surface area contributed by atoms with Crippen molar-refractivity contribution in [3.8, 4) is 6.07 Å². The lowest BCUT2D eigenvalue weighted by molar-refractivity contribution is 0.304. The molecule has 0 aromatic carbocycles. The second-order valence-corrected chi connectivity index (χ2v) is 4.64. The summed E-state index contributed by atoms with van der Waals surface area (Å²) in [5, 5.41) is 12.3. The van der Waals surface area contributed by atoms with Crippen molar-refractivity contribution < 1.29 is 0 Å². The van der Waals surface area contributed by atoms with E-state index in [0.717, 1.165) is 12.8 Å². The Morgan fingerprint density at radius 3 is 1.69 bits per heavy atom. The summed E-state index contributed by atoms with van der Waals surface area (Å²) in [6.45, 7) is 8.63. The molecule has 2 heteroatoms. The number of hydrogen-bond acceptors (Lipinski definition) is 2. The molecule has 0 spiro atoms. The van der Waals surface area contributed by atoms with Crippen molar-refractivity contribution in [1.82, 2.24) is 5.32 Å². The lowest BCUT2D eigenvalue weighted by atomic mass is 9.83. The standard InChI is InChI=1S/C11H22N2/c1-9(2)6-11(8-12,13-5)7-10(3)4/h9-10,13H,6-7H2,1-5H3. The van der Waals surface area contributed by atoms with E-state index < -0.39 is 0 Å². The van der Waals surface area contributed by atoms with Gasteiger partial charge in [0.2, 0.25) is 0 Å². The van der Waals surface area contributed by atoms with Crippen molar-refractivity contribution in [3.63, 3.8) is 0 Å². The van der Waals surface area contributed by atoms with E-state index in [1.54, 1.807) is 0 Å². The zero-order chi connectivity index (χ0) is 10.5. The Balaban J connectivity index is 4.42.